The van der Waals surface area contributed by atoms with Gasteiger partial charge in [0.2, 0.25) is 10.0 Å². The summed E-state index contributed by atoms with van der Waals surface area (Å²) in [6.45, 7) is 6.92. The summed E-state index contributed by atoms with van der Waals surface area (Å²) >= 11 is 0. The van der Waals surface area contributed by atoms with E-state index in [1.807, 2.05) is 18.2 Å². The van der Waals surface area contributed by atoms with E-state index in [-0.39, 0.29) is 11.4 Å². The van der Waals surface area contributed by atoms with Crippen molar-refractivity contribution in [3.05, 3.63) is 65.5 Å². The largest absolute Gasteiger partial charge is 0.368 e. The fraction of sp³-hybridized carbons (Fsp3) is 0.458. The van der Waals surface area contributed by atoms with E-state index in [2.05, 4.69) is 24.5 Å². The Labute approximate surface area is 190 Å². The van der Waals surface area contributed by atoms with Crippen molar-refractivity contribution in [3.63, 3.8) is 0 Å². The summed E-state index contributed by atoms with van der Waals surface area (Å²) in [6.07, 6.45) is 1.26. The monoisotopic (exact) mass is 458 g/mol. The van der Waals surface area contributed by atoms with Crippen molar-refractivity contribution >= 4 is 15.9 Å². The second-order valence-electron chi connectivity index (χ2n) is 8.85. The van der Waals surface area contributed by atoms with Crippen LogP contribution in [0.15, 0.2) is 58.4 Å². The average molecular weight is 459 g/mol. The fourth-order valence-electron chi connectivity index (χ4n) is 4.45. The van der Waals surface area contributed by atoms with Crippen molar-refractivity contribution in [1.82, 2.24) is 14.9 Å². The van der Waals surface area contributed by atoms with E-state index in [0.717, 1.165) is 23.5 Å². The normalized spacial score (nSPS) is 19.2. The zero-order chi connectivity index (χ0) is 22.8. The molecule has 0 bridgehead atoms. The molecule has 1 spiro atoms. The third-order valence-corrected chi connectivity index (χ3v) is 8.32. The molecule has 0 saturated carbocycles. The van der Waals surface area contributed by atoms with Crippen LogP contribution in [-0.4, -0.2) is 50.3 Å². The van der Waals surface area contributed by atoms with Crippen LogP contribution in [-0.2, 0) is 16.6 Å². The molecule has 1 fully saturated rings. The highest BCUT2D eigenvalue weighted by molar-refractivity contribution is 7.89. The third kappa shape index (κ3) is 4.72. The average Bonchev–Trinajstić information content (AvgIpc) is 2.79. The van der Waals surface area contributed by atoms with Crippen molar-refractivity contribution in [2.45, 2.75) is 49.6 Å². The summed E-state index contributed by atoms with van der Waals surface area (Å²) in [5, 5.41) is 6.96. The molecule has 2 aliphatic heterocycles. The van der Waals surface area contributed by atoms with E-state index in [9.17, 15) is 12.8 Å². The number of halogens is 1. The number of hydrogen-bond donors (Lipinski definition) is 2. The number of benzene rings is 2. The molecule has 2 aromatic carbocycles. The number of nitrogens with zero attached hydrogens (tertiary/aromatic N) is 2. The number of piperidine rings is 1. The lowest BCUT2D eigenvalue weighted by Gasteiger charge is -2.44. The van der Waals surface area contributed by atoms with Gasteiger partial charge in [0, 0.05) is 26.2 Å². The highest BCUT2D eigenvalue weighted by Gasteiger charge is 2.43. The first-order valence-corrected chi connectivity index (χ1v) is 12.6. The van der Waals surface area contributed by atoms with Gasteiger partial charge in [0.25, 0.3) is 0 Å². The van der Waals surface area contributed by atoms with Crippen LogP contribution in [0.3, 0.4) is 0 Å². The summed E-state index contributed by atoms with van der Waals surface area (Å²) in [7, 11) is -3.53. The molecular weight excluding hydrogens is 427 g/mol. The molecule has 172 valence electrons. The Hall–Kier alpha value is -2.29. The fourth-order valence-corrected chi connectivity index (χ4v) is 5.89. The van der Waals surface area contributed by atoms with Crippen molar-refractivity contribution in [3.8, 4) is 0 Å². The molecule has 2 aromatic rings. The summed E-state index contributed by atoms with van der Waals surface area (Å²) < 4.78 is 41.5. The van der Waals surface area contributed by atoms with Gasteiger partial charge < -0.3 is 10.6 Å². The molecule has 2 heterocycles. The summed E-state index contributed by atoms with van der Waals surface area (Å²) in [4.78, 5) is 5.04. The van der Waals surface area contributed by atoms with Gasteiger partial charge in [-0.25, -0.2) is 12.8 Å². The second kappa shape index (κ2) is 9.29. The summed E-state index contributed by atoms with van der Waals surface area (Å²) in [6, 6.07) is 13.7. The van der Waals surface area contributed by atoms with Gasteiger partial charge in [-0.2, -0.15) is 4.31 Å². The van der Waals surface area contributed by atoms with Crippen LogP contribution in [0, 0.1) is 5.82 Å². The summed E-state index contributed by atoms with van der Waals surface area (Å²) in [5.74, 6) is 0.936. The second-order valence-corrected chi connectivity index (χ2v) is 10.8. The van der Waals surface area contributed by atoms with Gasteiger partial charge in [-0.3, -0.25) is 4.99 Å². The molecule has 4 rings (SSSR count). The zero-order valence-corrected chi connectivity index (χ0v) is 19.5. The molecule has 6 nitrogen and oxygen atoms in total. The van der Waals surface area contributed by atoms with Crippen molar-refractivity contribution in [1.29, 1.82) is 0 Å². The minimum absolute atomic E-state index is 0.261. The molecule has 2 aliphatic rings. The minimum atomic E-state index is -3.53. The quantitative estimate of drug-likeness (QED) is 0.721. The van der Waals surface area contributed by atoms with Gasteiger partial charge >= 0.3 is 0 Å². The number of amidine groups is 1. The van der Waals surface area contributed by atoms with E-state index >= 15 is 0 Å². The Kier molecular flexibility index (Phi) is 6.65. The predicted octanol–water partition coefficient (Wildman–Crippen LogP) is 3.26. The van der Waals surface area contributed by atoms with Crippen LogP contribution in [0.2, 0.25) is 0 Å². The molecule has 0 atom stereocenters. The molecular formula is C24H31FN4O2S. The highest BCUT2D eigenvalue weighted by atomic mass is 32.2. The number of rotatable bonds is 5. The van der Waals surface area contributed by atoms with E-state index in [0.29, 0.717) is 49.8 Å². The first-order chi connectivity index (χ1) is 15.3. The van der Waals surface area contributed by atoms with Crippen LogP contribution < -0.4 is 10.6 Å². The molecule has 8 heteroatoms. The topological polar surface area (TPSA) is 73.8 Å². The van der Waals surface area contributed by atoms with E-state index < -0.39 is 10.0 Å². The summed E-state index contributed by atoms with van der Waals surface area (Å²) in [5.41, 5.74) is 1.59. The third-order valence-electron chi connectivity index (χ3n) is 6.41. The Morgan fingerprint density at radius 2 is 1.88 bits per heavy atom. The smallest absolute Gasteiger partial charge is 0.243 e. The molecule has 32 heavy (non-hydrogen) atoms. The standard InChI is InChI=1S/C24H31FN4O2S/c1-18(2)20-6-8-22(9-7-20)32(30,31)29-14-10-24(11-15-29)23(26-12-13-28-24)27-17-19-4-3-5-21(25)16-19/h3-9,16,18,28H,10-15,17H2,1-2H3,(H,26,27). The maximum Gasteiger partial charge on any atom is 0.243 e. The van der Waals surface area contributed by atoms with Gasteiger partial charge in [0.05, 0.1) is 17.0 Å². The van der Waals surface area contributed by atoms with Gasteiger partial charge in [-0.1, -0.05) is 38.1 Å². The molecule has 0 aromatic heterocycles. The van der Waals surface area contributed by atoms with Crippen molar-refractivity contribution in [2.75, 3.05) is 26.2 Å². The Balaban J connectivity index is 1.44. The first-order valence-electron chi connectivity index (χ1n) is 11.2. The molecule has 0 aliphatic carbocycles. The molecule has 0 unspecified atom stereocenters. The van der Waals surface area contributed by atoms with Gasteiger partial charge in [0.15, 0.2) is 0 Å². The Morgan fingerprint density at radius 1 is 1.16 bits per heavy atom. The number of hydrogen-bond acceptors (Lipinski definition) is 5. The Morgan fingerprint density at radius 3 is 2.53 bits per heavy atom. The highest BCUT2D eigenvalue weighted by Crippen LogP contribution is 2.29. The number of nitrogens with one attached hydrogen (secondary N) is 2. The van der Waals surface area contributed by atoms with Crippen LogP contribution in [0.25, 0.3) is 0 Å². The minimum Gasteiger partial charge on any atom is -0.368 e. The lowest BCUT2D eigenvalue weighted by atomic mass is 9.85. The van der Waals surface area contributed by atoms with Crippen LogP contribution in [0.4, 0.5) is 4.39 Å². The molecule has 2 N–H and O–H groups in total. The maximum atomic E-state index is 13.5. The van der Waals surface area contributed by atoms with E-state index in [4.69, 9.17) is 4.99 Å². The van der Waals surface area contributed by atoms with E-state index in [1.165, 1.54) is 12.1 Å². The van der Waals surface area contributed by atoms with Crippen LogP contribution in [0.1, 0.15) is 43.7 Å². The van der Waals surface area contributed by atoms with Gasteiger partial charge in [-0.05, 0) is 54.2 Å². The molecule has 0 amide bonds. The van der Waals surface area contributed by atoms with Gasteiger partial charge in [0.1, 0.15) is 11.7 Å². The maximum absolute atomic E-state index is 13.5. The van der Waals surface area contributed by atoms with Gasteiger partial charge in [-0.15, -0.1) is 0 Å². The SMILES string of the molecule is CC(C)c1ccc(S(=O)(=O)N2CCC3(CC2)NCCN=C3NCc2cccc(F)c2)cc1. The lowest BCUT2D eigenvalue weighted by Crippen LogP contribution is -2.64. The first kappa shape index (κ1) is 22.9. The van der Waals surface area contributed by atoms with Crippen molar-refractivity contribution < 1.29 is 12.8 Å². The van der Waals surface area contributed by atoms with Crippen LogP contribution in [0.5, 0.6) is 0 Å². The van der Waals surface area contributed by atoms with Crippen molar-refractivity contribution in [2.24, 2.45) is 4.99 Å². The molecule has 0 radical (unpaired) electrons. The van der Waals surface area contributed by atoms with Crippen LogP contribution >= 0.6 is 0 Å². The number of sulfonamides is 1. The lowest BCUT2D eigenvalue weighted by molar-refractivity contribution is 0.241. The number of aliphatic imine (C=N–C) groups is 1. The zero-order valence-electron chi connectivity index (χ0n) is 18.6. The predicted molar refractivity (Wildman–Crippen MR) is 125 cm³/mol. The Bertz CT molecular complexity index is 1080. The van der Waals surface area contributed by atoms with E-state index in [1.54, 1.807) is 22.5 Å². The molecule has 1 saturated heterocycles.